The van der Waals surface area contributed by atoms with E-state index in [1.54, 1.807) is 36.8 Å². The first-order valence-corrected chi connectivity index (χ1v) is 17.1. The van der Waals surface area contributed by atoms with Crippen LogP contribution in [-0.2, 0) is 9.84 Å². The predicted octanol–water partition coefficient (Wildman–Crippen LogP) is 4.48. The van der Waals surface area contributed by atoms with Gasteiger partial charge in [0.25, 0.3) is 5.56 Å². The normalized spacial score (nSPS) is 15.9. The average Bonchev–Trinajstić information content (AvgIpc) is 3.78. The summed E-state index contributed by atoms with van der Waals surface area (Å²) in [7, 11) is -1.27. The fraction of sp³-hybridized carbons (Fsp3) is 0.323. The van der Waals surface area contributed by atoms with E-state index >= 15 is 0 Å². The van der Waals surface area contributed by atoms with Gasteiger partial charge in [-0.15, -0.1) is 11.3 Å². The number of hydrogen-bond donors (Lipinski definition) is 2. The van der Waals surface area contributed by atoms with Crippen LogP contribution in [0.5, 0.6) is 0 Å². The molecule has 1 aliphatic carbocycles. The van der Waals surface area contributed by atoms with Crippen molar-refractivity contribution in [3.63, 3.8) is 0 Å². The number of nitrogens with one attached hydrogen (secondary N) is 2. The summed E-state index contributed by atoms with van der Waals surface area (Å²) in [6, 6.07) is 12.0. The molecule has 0 amide bonds. The minimum Gasteiger partial charge on any atom is -0.372 e. The van der Waals surface area contributed by atoms with E-state index in [1.807, 2.05) is 12.1 Å². The summed E-state index contributed by atoms with van der Waals surface area (Å²) in [6.07, 6.45) is 8.23. The van der Waals surface area contributed by atoms with E-state index < -0.39 is 9.84 Å². The molecule has 5 heterocycles. The summed E-state index contributed by atoms with van der Waals surface area (Å²) in [6.45, 7) is 3.84. The van der Waals surface area contributed by atoms with E-state index in [1.165, 1.54) is 22.1 Å². The molecule has 44 heavy (non-hydrogen) atoms. The molecule has 226 valence electrons. The van der Waals surface area contributed by atoms with Gasteiger partial charge in [0.15, 0.2) is 20.6 Å². The Morgan fingerprint density at radius 1 is 1.02 bits per heavy atom. The first kappa shape index (κ1) is 28.6. The SMILES string of the molecule is Cc1cc(S(=O)(=O)C2CC2)cnc1-c1cc2cnc(Nc3ccc(N(C)C4CCNCC4)cc3)nc2n(-c2nccs2)c1=O. The number of hydrogen-bond acceptors (Lipinski definition) is 11. The van der Waals surface area contributed by atoms with Crippen LogP contribution >= 0.6 is 11.3 Å². The number of piperidine rings is 1. The van der Waals surface area contributed by atoms with Crippen LogP contribution in [-0.4, -0.2) is 64.3 Å². The molecule has 0 unspecified atom stereocenters. The smallest absolute Gasteiger partial charge is 0.268 e. The zero-order valence-corrected chi connectivity index (χ0v) is 26.0. The monoisotopic (exact) mass is 628 g/mol. The highest BCUT2D eigenvalue weighted by Gasteiger charge is 2.37. The fourth-order valence-electron chi connectivity index (χ4n) is 5.70. The molecule has 0 radical (unpaired) electrons. The van der Waals surface area contributed by atoms with Gasteiger partial charge in [0.2, 0.25) is 5.95 Å². The molecular formula is C31H32N8O3S2. The highest BCUT2D eigenvalue weighted by Crippen LogP contribution is 2.34. The molecule has 2 fully saturated rings. The maximum Gasteiger partial charge on any atom is 0.268 e. The predicted molar refractivity (Wildman–Crippen MR) is 173 cm³/mol. The topological polar surface area (TPSA) is 135 Å². The van der Waals surface area contributed by atoms with Crippen LogP contribution in [0.15, 0.2) is 70.1 Å². The van der Waals surface area contributed by atoms with Crippen molar-refractivity contribution in [2.24, 2.45) is 0 Å². The Kier molecular flexibility index (Phi) is 7.39. The number of aromatic nitrogens is 5. The first-order chi connectivity index (χ1) is 21.3. The zero-order valence-electron chi connectivity index (χ0n) is 24.4. The van der Waals surface area contributed by atoms with Crippen molar-refractivity contribution in [3.05, 3.63) is 76.3 Å². The molecule has 0 spiro atoms. The van der Waals surface area contributed by atoms with Gasteiger partial charge in [0.05, 0.1) is 21.4 Å². The van der Waals surface area contributed by atoms with Crippen LogP contribution in [0.1, 0.15) is 31.2 Å². The Morgan fingerprint density at radius 3 is 2.48 bits per heavy atom. The number of sulfone groups is 1. The van der Waals surface area contributed by atoms with Crippen molar-refractivity contribution in [1.29, 1.82) is 0 Å². The third kappa shape index (κ3) is 5.35. The molecule has 0 atom stereocenters. The molecule has 0 bridgehead atoms. The molecule has 2 aliphatic rings. The van der Waals surface area contributed by atoms with E-state index in [4.69, 9.17) is 4.98 Å². The summed E-state index contributed by atoms with van der Waals surface area (Å²) in [5.41, 5.74) is 3.35. The van der Waals surface area contributed by atoms with Gasteiger partial charge < -0.3 is 15.5 Å². The molecule has 5 aromatic rings. The van der Waals surface area contributed by atoms with Gasteiger partial charge in [0.1, 0.15) is 0 Å². The Hall–Kier alpha value is -4.20. The fourth-order valence-corrected chi connectivity index (χ4v) is 8.02. The second-order valence-electron chi connectivity index (χ2n) is 11.3. The van der Waals surface area contributed by atoms with Gasteiger partial charge in [-0.1, -0.05) is 0 Å². The van der Waals surface area contributed by atoms with Crippen LogP contribution < -0.4 is 21.1 Å². The molecule has 1 saturated heterocycles. The van der Waals surface area contributed by atoms with Crippen LogP contribution in [0.25, 0.3) is 27.4 Å². The van der Waals surface area contributed by atoms with E-state index in [9.17, 15) is 13.2 Å². The molecule has 1 aliphatic heterocycles. The number of benzene rings is 1. The van der Waals surface area contributed by atoms with Gasteiger partial charge in [0, 0.05) is 53.8 Å². The van der Waals surface area contributed by atoms with Gasteiger partial charge in [-0.05, 0) is 87.7 Å². The maximum absolute atomic E-state index is 14.0. The number of rotatable bonds is 8. The molecule has 4 aromatic heterocycles. The van der Waals surface area contributed by atoms with Crippen molar-refractivity contribution >= 4 is 49.5 Å². The Bertz CT molecular complexity index is 2000. The standard InChI is InChI=1S/C31H32N8O3S2/c1-19-15-25(44(41,42)24-7-8-24)18-34-27(19)26-16-20-17-35-30(37-28(20)39(29(26)40)31-33-13-14-43-31)36-21-3-5-22(6-4-21)38(2)23-9-11-32-12-10-23/h3-6,13-18,23-24,32H,7-12H2,1-2H3,(H,35,36,37). The lowest BCUT2D eigenvalue weighted by Gasteiger charge is -2.33. The molecule has 1 aromatic carbocycles. The average molecular weight is 629 g/mol. The van der Waals surface area contributed by atoms with E-state index in [0.717, 1.165) is 37.3 Å². The minimum atomic E-state index is -3.40. The maximum atomic E-state index is 14.0. The number of fused-ring (bicyclic) bond motifs is 1. The van der Waals surface area contributed by atoms with Crippen LogP contribution in [0.3, 0.4) is 0 Å². The van der Waals surface area contributed by atoms with Crippen LogP contribution in [0, 0.1) is 6.92 Å². The molecular weight excluding hydrogens is 597 g/mol. The zero-order chi connectivity index (χ0) is 30.4. The Labute approximate surface area is 259 Å². The highest BCUT2D eigenvalue weighted by atomic mass is 32.2. The number of pyridine rings is 2. The highest BCUT2D eigenvalue weighted by molar-refractivity contribution is 7.92. The molecule has 1 saturated carbocycles. The third-order valence-corrected chi connectivity index (χ3v) is 11.3. The lowest BCUT2D eigenvalue weighted by atomic mass is 10.0. The number of nitrogens with zero attached hydrogens (tertiary/aromatic N) is 6. The second kappa shape index (κ2) is 11.4. The van der Waals surface area contributed by atoms with Crippen molar-refractivity contribution < 1.29 is 8.42 Å². The minimum absolute atomic E-state index is 0.187. The quantitative estimate of drug-likeness (QED) is 0.253. The number of anilines is 3. The van der Waals surface area contributed by atoms with Crippen LogP contribution in [0.4, 0.5) is 17.3 Å². The van der Waals surface area contributed by atoms with Gasteiger partial charge in [-0.3, -0.25) is 9.78 Å². The lowest BCUT2D eigenvalue weighted by Crippen LogP contribution is -2.41. The van der Waals surface area contributed by atoms with E-state index in [-0.39, 0.29) is 15.7 Å². The molecule has 2 N–H and O–H groups in total. The largest absolute Gasteiger partial charge is 0.372 e. The first-order valence-electron chi connectivity index (χ1n) is 14.6. The molecule has 7 rings (SSSR count). The number of aryl methyl sites for hydroxylation is 1. The van der Waals surface area contributed by atoms with Crippen molar-refractivity contribution in [1.82, 2.24) is 29.8 Å². The van der Waals surface area contributed by atoms with Gasteiger partial charge >= 0.3 is 0 Å². The summed E-state index contributed by atoms with van der Waals surface area (Å²) >= 11 is 1.32. The summed E-state index contributed by atoms with van der Waals surface area (Å²) in [4.78, 5) is 34.7. The molecule has 13 heteroatoms. The Morgan fingerprint density at radius 2 is 1.80 bits per heavy atom. The van der Waals surface area contributed by atoms with E-state index in [0.29, 0.717) is 57.8 Å². The van der Waals surface area contributed by atoms with E-state index in [2.05, 4.69) is 49.7 Å². The van der Waals surface area contributed by atoms with Crippen molar-refractivity contribution in [2.75, 3.05) is 30.4 Å². The second-order valence-corrected chi connectivity index (χ2v) is 14.4. The lowest BCUT2D eigenvalue weighted by molar-refractivity contribution is 0.443. The van der Waals surface area contributed by atoms with Gasteiger partial charge in [-0.2, -0.15) is 4.98 Å². The van der Waals surface area contributed by atoms with Crippen molar-refractivity contribution in [3.8, 4) is 16.4 Å². The Balaban J connectivity index is 1.23. The third-order valence-electron chi connectivity index (χ3n) is 8.34. The summed E-state index contributed by atoms with van der Waals surface area (Å²) in [5, 5.41) is 9.22. The van der Waals surface area contributed by atoms with Gasteiger partial charge in [-0.25, -0.2) is 23.0 Å². The van der Waals surface area contributed by atoms with Crippen LogP contribution in [0.2, 0.25) is 0 Å². The summed E-state index contributed by atoms with van der Waals surface area (Å²) in [5.74, 6) is 0.346. The van der Waals surface area contributed by atoms with Crippen molar-refractivity contribution in [2.45, 2.75) is 48.8 Å². The molecule has 11 nitrogen and oxygen atoms in total. The summed E-state index contributed by atoms with van der Waals surface area (Å²) < 4.78 is 27.0. The number of thiazole rings is 1.